The van der Waals surface area contributed by atoms with E-state index >= 15 is 0 Å². The van der Waals surface area contributed by atoms with Gasteiger partial charge in [-0.25, -0.2) is 0 Å². The lowest BCUT2D eigenvalue weighted by Crippen LogP contribution is -2.21. The first-order valence-electron chi connectivity index (χ1n) is 6.28. The third-order valence-electron chi connectivity index (χ3n) is 2.65. The average Bonchev–Trinajstić information content (AvgIpc) is 2.65. The molecule has 1 rings (SSSR count). The molecule has 0 spiro atoms. The topological polar surface area (TPSA) is 63.0 Å². The summed E-state index contributed by atoms with van der Waals surface area (Å²) >= 11 is 0. The van der Waals surface area contributed by atoms with E-state index < -0.39 is 0 Å². The Balaban J connectivity index is 2.37. The highest BCUT2D eigenvalue weighted by atomic mass is 16.4. The Morgan fingerprint density at radius 1 is 1.12 bits per heavy atom. The zero-order chi connectivity index (χ0) is 12.8. The second-order valence-corrected chi connectivity index (χ2v) is 5.20. The highest BCUT2D eigenvalue weighted by Crippen LogP contribution is 2.10. The van der Waals surface area contributed by atoms with E-state index in [4.69, 9.17) is 4.42 Å². The first-order valence-corrected chi connectivity index (χ1v) is 6.28. The van der Waals surface area contributed by atoms with Gasteiger partial charge in [-0.15, -0.1) is 5.10 Å². The Hall–Kier alpha value is -1.10. The first-order chi connectivity index (χ1) is 7.99. The molecular weight excluding hydrogens is 216 g/mol. The molecule has 0 saturated carbocycles. The van der Waals surface area contributed by atoms with Gasteiger partial charge in [0.25, 0.3) is 0 Å². The molecule has 0 bridgehead atoms. The molecule has 0 aliphatic carbocycles. The standard InChI is InChI=1S/C12H24N4O/c1-8(2)6-13-7-11-15-16-12(17-11)14-10(5)9(3)4/h8-10,13H,6-7H2,1-5H3,(H,14,16). The quantitative estimate of drug-likeness (QED) is 0.765. The summed E-state index contributed by atoms with van der Waals surface area (Å²) in [5.74, 6) is 1.78. The Labute approximate surface area is 103 Å². The van der Waals surface area contributed by atoms with Crippen molar-refractivity contribution in [2.75, 3.05) is 11.9 Å². The number of aromatic nitrogens is 2. The number of hydrogen-bond donors (Lipinski definition) is 2. The van der Waals surface area contributed by atoms with Crippen LogP contribution in [0.1, 0.15) is 40.5 Å². The van der Waals surface area contributed by atoms with Crippen LogP contribution in [0.5, 0.6) is 0 Å². The van der Waals surface area contributed by atoms with Crippen LogP contribution in [0, 0.1) is 11.8 Å². The predicted molar refractivity (Wildman–Crippen MR) is 68.8 cm³/mol. The van der Waals surface area contributed by atoms with Crippen molar-refractivity contribution in [2.45, 2.75) is 47.2 Å². The second-order valence-electron chi connectivity index (χ2n) is 5.20. The van der Waals surface area contributed by atoms with Crippen molar-refractivity contribution in [3.8, 4) is 0 Å². The van der Waals surface area contributed by atoms with Crippen LogP contribution < -0.4 is 10.6 Å². The number of rotatable bonds is 7. The van der Waals surface area contributed by atoms with E-state index in [1.54, 1.807) is 0 Å². The smallest absolute Gasteiger partial charge is 0.315 e. The molecule has 0 saturated heterocycles. The number of anilines is 1. The molecule has 0 radical (unpaired) electrons. The molecule has 0 aliphatic rings. The van der Waals surface area contributed by atoms with E-state index in [2.05, 4.69) is 55.4 Å². The van der Waals surface area contributed by atoms with Crippen molar-refractivity contribution in [3.63, 3.8) is 0 Å². The van der Waals surface area contributed by atoms with Gasteiger partial charge in [-0.05, 0) is 25.3 Å². The fourth-order valence-electron chi connectivity index (χ4n) is 1.21. The molecule has 1 unspecified atom stereocenters. The van der Waals surface area contributed by atoms with Crippen molar-refractivity contribution >= 4 is 6.01 Å². The number of nitrogens with one attached hydrogen (secondary N) is 2. The highest BCUT2D eigenvalue weighted by Gasteiger charge is 2.11. The van der Waals surface area contributed by atoms with Gasteiger partial charge in [0.2, 0.25) is 5.89 Å². The summed E-state index contributed by atoms with van der Waals surface area (Å²) in [5, 5.41) is 14.4. The van der Waals surface area contributed by atoms with Gasteiger partial charge in [0, 0.05) is 6.04 Å². The summed E-state index contributed by atoms with van der Waals surface area (Å²) in [5.41, 5.74) is 0. The Kier molecular flexibility index (Phi) is 5.41. The average molecular weight is 240 g/mol. The van der Waals surface area contributed by atoms with E-state index in [0.717, 1.165) is 6.54 Å². The number of hydrogen-bond acceptors (Lipinski definition) is 5. The van der Waals surface area contributed by atoms with Gasteiger partial charge in [0.15, 0.2) is 0 Å². The minimum Gasteiger partial charge on any atom is -0.407 e. The van der Waals surface area contributed by atoms with Crippen LogP contribution in [0.4, 0.5) is 6.01 Å². The maximum absolute atomic E-state index is 5.49. The molecule has 0 amide bonds. The zero-order valence-electron chi connectivity index (χ0n) is 11.4. The van der Waals surface area contributed by atoms with Crippen molar-refractivity contribution in [1.29, 1.82) is 0 Å². The van der Waals surface area contributed by atoms with E-state index in [1.807, 2.05) is 0 Å². The van der Waals surface area contributed by atoms with E-state index in [0.29, 0.717) is 36.3 Å². The van der Waals surface area contributed by atoms with Gasteiger partial charge < -0.3 is 15.1 Å². The van der Waals surface area contributed by atoms with Gasteiger partial charge in [-0.2, -0.15) is 0 Å². The van der Waals surface area contributed by atoms with Crippen LogP contribution in [0.2, 0.25) is 0 Å². The summed E-state index contributed by atoms with van der Waals surface area (Å²) < 4.78 is 5.49. The molecular formula is C12H24N4O. The molecule has 1 heterocycles. The fraction of sp³-hybridized carbons (Fsp3) is 0.833. The molecule has 17 heavy (non-hydrogen) atoms. The summed E-state index contributed by atoms with van der Waals surface area (Å²) in [6.07, 6.45) is 0. The predicted octanol–water partition coefficient (Wildman–Crippen LogP) is 2.27. The first kappa shape index (κ1) is 14.0. The van der Waals surface area contributed by atoms with Gasteiger partial charge in [-0.3, -0.25) is 0 Å². The van der Waals surface area contributed by atoms with Crippen molar-refractivity contribution in [2.24, 2.45) is 11.8 Å². The molecule has 5 nitrogen and oxygen atoms in total. The van der Waals surface area contributed by atoms with Crippen LogP contribution in [-0.4, -0.2) is 22.8 Å². The van der Waals surface area contributed by atoms with Gasteiger partial charge in [0.1, 0.15) is 0 Å². The Bertz CT molecular complexity index is 322. The third-order valence-corrected chi connectivity index (χ3v) is 2.65. The van der Waals surface area contributed by atoms with Crippen LogP contribution in [0.15, 0.2) is 4.42 Å². The minimum absolute atomic E-state index is 0.326. The van der Waals surface area contributed by atoms with Gasteiger partial charge in [-0.1, -0.05) is 32.8 Å². The largest absolute Gasteiger partial charge is 0.407 e. The molecule has 1 aromatic rings. The van der Waals surface area contributed by atoms with Gasteiger partial charge >= 0.3 is 6.01 Å². The van der Waals surface area contributed by atoms with Crippen molar-refractivity contribution < 1.29 is 4.42 Å². The Morgan fingerprint density at radius 3 is 2.41 bits per heavy atom. The SMILES string of the molecule is CC(C)CNCc1nnc(NC(C)C(C)C)o1. The zero-order valence-corrected chi connectivity index (χ0v) is 11.4. The van der Waals surface area contributed by atoms with Gasteiger partial charge in [0.05, 0.1) is 6.54 Å². The number of nitrogens with zero attached hydrogens (tertiary/aromatic N) is 2. The van der Waals surface area contributed by atoms with Crippen LogP contribution >= 0.6 is 0 Å². The van der Waals surface area contributed by atoms with Crippen LogP contribution in [0.3, 0.4) is 0 Å². The van der Waals surface area contributed by atoms with Crippen LogP contribution in [-0.2, 0) is 6.54 Å². The lowest BCUT2D eigenvalue weighted by molar-refractivity contribution is 0.449. The summed E-state index contributed by atoms with van der Waals surface area (Å²) in [7, 11) is 0. The lowest BCUT2D eigenvalue weighted by atomic mass is 10.1. The molecule has 0 aliphatic heterocycles. The van der Waals surface area contributed by atoms with Crippen molar-refractivity contribution in [1.82, 2.24) is 15.5 Å². The van der Waals surface area contributed by atoms with E-state index in [1.165, 1.54) is 0 Å². The summed E-state index contributed by atoms with van der Waals surface area (Å²) in [6.45, 7) is 12.3. The van der Waals surface area contributed by atoms with Crippen molar-refractivity contribution in [3.05, 3.63) is 5.89 Å². The second kappa shape index (κ2) is 6.59. The molecule has 1 atom stereocenters. The molecule has 0 aromatic carbocycles. The molecule has 5 heteroatoms. The van der Waals surface area contributed by atoms with Crippen LogP contribution in [0.25, 0.3) is 0 Å². The maximum Gasteiger partial charge on any atom is 0.315 e. The third kappa shape index (κ3) is 5.17. The summed E-state index contributed by atoms with van der Waals surface area (Å²) in [6, 6.07) is 0.833. The Morgan fingerprint density at radius 2 is 1.82 bits per heavy atom. The fourth-order valence-corrected chi connectivity index (χ4v) is 1.21. The monoisotopic (exact) mass is 240 g/mol. The highest BCUT2D eigenvalue weighted by molar-refractivity contribution is 5.19. The molecule has 0 fully saturated rings. The molecule has 98 valence electrons. The lowest BCUT2D eigenvalue weighted by Gasteiger charge is -2.14. The normalized spacial score (nSPS) is 13.4. The summed E-state index contributed by atoms with van der Waals surface area (Å²) in [4.78, 5) is 0. The van der Waals surface area contributed by atoms with E-state index in [-0.39, 0.29) is 0 Å². The molecule has 1 aromatic heterocycles. The van der Waals surface area contributed by atoms with E-state index in [9.17, 15) is 0 Å². The molecule has 2 N–H and O–H groups in total. The maximum atomic E-state index is 5.49. The minimum atomic E-state index is 0.326.